The molecule has 0 saturated carbocycles. The fraction of sp³-hybridized carbons (Fsp3) is 0.125. The molecule has 0 saturated heterocycles. The first-order valence-corrected chi connectivity index (χ1v) is 8.85. The number of rotatable bonds is 5. The van der Waals surface area contributed by atoms with Crippen molar-refractivity contribution in [1.29, 1.82) is 5.26 Å². The van der Waals surface area contributed by atoms with Gasteiger partial charge in [0.1, 0.15) is 17.6 Å². The lowest BCUT2D eigenvalue weighted by molar-refractivity contribution is 0.242. The molecule has 0 spiro atoms. The van der Waals surface area contributed by atoms with Crippen LogP contribution in [0.4, 0.5) is 0 Å². The Hall–Kier alpha value is -3.51. The van der Waals surface area contributed by atoms with Crippen molar-refractivity contribution in [2.24, 2.45) is 0 Å². The molecule has 3 aromatic rings. The van der Waals surface area contributed by atoms with Gasteiger partial charge in [0.15, 0.2) is 0 Å². The zero-order chi connectivity index (χ0) is 19.2. The highest BCUT2D eigenvalue weighted by molar-refractivity contribution is 6.03. The van der Waals surface area contributed by atoms with Crippen molar-refractivity contribution >= 4 is 11.1 Å². The first kappa shape index (κ1) is 18.3. The number of benzene rings is 3. The molecular formula is C24H21NO2. The zero-order valence-corrected chi connectivity index (χ0v) is 15.4. The van der Waals surface area contributed by atoms with Crippen molar-refractivity contribution in [3.63, 3.8) is 0 Å². The largest absolute Gasteiger partial charge is 0.508 e. The van der Waals surface area contributed by atoms with Gasteiger partial charge in [-0.15, -0.1) is 0 Å². The van der Waals surface area contributed by atoms with E-state index in [9.17, 15) is 10.4 Å². The third-order valence-corrected chi connectivity index (χ3v) is 4.10. The van der Waals surface area contributed by atoms with E-state index in [1.165, 1.54) is 0 Å². The quantitative estimate of drug-likeness (QED) is 0.474. The molecule has 0 aliphatic carbocycles. The number of nitrogens with zero attached hydrogens (tertiary/aromatic N) is 1. The molecule has 0 aliphatic heterocycles. The predicted octanol–water partition coefficient (Wildman–Crippen LogP) is 5.66. The molecule has 0 aromatic heterocycles. The summed E-state index contributed by atoms with van der Waals surface area (Å²) in [7, 11) is 0. The van der Waals surface area contributed by atoms with Gasteiger partial charge in [-0.3, -0.25) is 0 Å². The monoisotopic (exact) mass is 355 g/mol. The third-order valence-electron chi connectivity index (χ3n) is 4.10. The summed E-state index contributed by atoms with van der Waals surface area (Å²) >= 11 is 0. The van der Waals surface area contributed by atoms with Crippen molar-refractivity contribution in [3.8, 4) is 17.6 Å². The van der Waals surface area contributed by atoms with Gasteiger partial charge in [0.25, 0.3) is 0 Å². The minimum absolute atomic E-state index is 0.0990. The fourth-order valence-corrected chi connectivity index (χ4v) is 2.93. The van der Waals surface area contributed by atoms with Crippen molar-refractivity contribution in [3.05, 3.63) is 95.6 Å². The number of hydrogen-bond donors (Lipinski definition) is 1. The average Bonchev–Trinajstić information content (AvgIpc) is 2.68. The number of nitriles is 1. The van der Waals surface area contributed by atoms with Crippen LogP contribution in [-0.4, -0.2) is 11.2 Å². The summed E-state index contributed by atoms with van der Waals surface area (Å²) in [5.74, 6) is 0.981. The summed E-state index contributed by atoms with van der Waals surface area (Å²) in [5, 5.41) is 19.6. The Bertz CT molecular complexity index is 964. The highest BCUT2D eigenvalue weighted by Crippen LogP contribution is 2.33. The number of phenolic OH excluding ortho intramolecular Hbond substituents is 1. The SMILES string of the molecule is CC(C)Oc1ccc(/C(=C(\C#N)c2ccccc2)c2ccc(O)cc2)cc1. The molecule has 0 heterocycles. The van der Waals surface area contributed by atoms with Gasteiger partial charge >= 0.3 is 0 Å². The van der Waals surface area contributed by atoms with Gasteiger partial charge in [-0.25, -0.2) is 0 Å². The molecule has 0 unspecified atom stereocenters. The molecule has 3 nitrogen and oxygen atoms in total. The Kier molecular flexibility index (Phi) is 5.58. The summed E-state index contributed by atoms with van der Waals surface area (Å²) < 4.78 is 5.73. The molecule has 0 bridgehead atoms. The Labute approximate surface area is 159 Å². The molecule has 1 N–H and O–H groups in total. The Morgan fingerprint density at radius 1 is 0.815 bits per heavy atom. The second-order valence-corrected chi connectivity index (χ2v) is 6.47. The van der Waals surface area contributed by atoms with E-state index in [4.69, 9.17) is 4.74 Å². The van der Waals surface area contributed by atoms with Gasteiger partial charge in [-0.05, 0) is 54.8 Å². The van der Waals surface area contributed by atoms with Crippen LogP contribution in [0.25, 0.3) is 11.1 Å². The van der Waals surface area contributed by atoms with Crippen molar-refractivity contribution in [1.82, 2.24) is 0 Å². The van der Waals surface area contributed by atoms with E-state index < -0.39 is 0 Å². The molecule has 3 heteroatoms. The van der Waals surface area contributed by atoms with Gasteiger partial charge < -0.3 is 9.84 Å². The topological polar surface area (TPSA) is 53.2 Å². The van der Waals surface area contributed by atoms with Crippen LogP contribution in [0.3, 0.4) is 0 Å². The maximum Gasteiger partial charge on any atom is 0.119 e. The smallest absolute Gasteiger partial charge is 0.119 e. The zero-order valence-electron chi connectivity index (χ0n) is 15.4. The third kappa shape index (κ3) is 4.37. The normalized spacial score (nSPS) is 11.6. The molecule has 0 radical (unpaired) electrons. The molecule has 0 aliphatic rings. The first-order chi connectivity index (χ1) is 13.1. The van der Waals surface area contributed by atoms with Crippen LogP contribution in [0.1, 0.15) is 30.5 Å². The van der Waals surface area contributed by atoms with E-state index in [1.54, 1.807) is 12.1 Å². The Morgan fingerprint density at radius 3 is 1.89 bits per heavy atom. The molecule has 0 atom stereocenters. The van der Waals surface area contributed by atoms with Crippen LogP contribution in [-0.2, 0) is 0 Å². The average molecular weight is 355 g/mol. The Morgan fingerprint density at radius 2 is 1.37 bits per heavy atom. The van der Waals surface area contributed by atoms with Gasteiger partial charge in [0.05, 0.1) is 11.7 Å². The standard InChI is InChI=1S/C24H21NO2/c1-17(2)27-22-14-10-20(11-15-22)24(19-8-12-21(26)13-9-19)23(16-25)18-6-4-3-5-7-18/h3-15,17,26H,1-2H3/b24-23+. The van der Waals surface area contributed by atoms with Gasteiger partial charge in [-0.1, -0.05) is 54.6 Å². The number of aromatic hydroxyl groups is 1. The lowest BCUT2D eigenvalue weighted by atomic mass is 9.90. The fourth-order valence-electron chi connectivity index (χ4n) is 2.93. The summed E-state index contributed by atoms with van der Waals surface area (Å²) in [5.41, 5.74) is 4.03. The maximum atomic E-state index is 9.92. The molecule has 27 heavy (non-hydrogen) atoms. The van der Waals surface area contributed by atoms with E-state index in [-0.39, 0.29) is 11.9 Å². The minimum Gasteiger partial charge on any atom is -0.508 e. The lowest BCUT2D eigenvalue weighted by Crippen LogP contribution is -2.05. The van der Waals surface area contributed by atoms with Crippen LogP contribution in [0.5, 0.6) is 11.5 Å². The van der Waals surface area contributed by atoms with Crippen molar-refractivity contribution in [2.45, 2.75) is 20.0 Å². The number of allylic oxidation sites excluding steroid dienone is 1. The summed E-state index contributed by atoms with van der Waals surface area (Å²) in [6.07, 6.45) is 0.0990. The second-order valence-electron chi connectivity index (χ2n) is 6.47. The molecule has 0 amide bonds. The Balaban J connectivity index is 2.17. The summed E-state index contributed by atoms with van der Waals surface area (Å²) in [4.78, 5) is 0. The van der Waals surface area contributed by atoms with E-state index in [0.29, 0.717) is 5.57 Å². The van der Waals surface area contributed by atoms with E-state index >= 15 is 0 Å². The van der Waals surface area contributed by atoms with Gasteiger partial charge in [0, 0.05) is 5.57 Å². The number of hydrogen-bond acceptors (Lipinski definition) is 3. The lowest BCUT2D eigenvalue weighted by Gasteiger charge is -2.14. The number of ether oxygens (including phenoxy) is 1. The van der Waals surface area contributed by atoms with Gasteiger partial charge in [-0.2, -0.15) is 5.26 Å². The summed E-state index contributed by atoms with van der Waals surface area (Å²) in [6, 6.07) is 26.6. The van der Waals surface area contributed by atoms with E-state index in [1.807, 2.05) is 80.6 Å². The van der Waals surface area contributed by atoms with Crippen molar-refractivity contribution in [2.75, 3.05) is 0 Å². The van der Waals surface area contributed by atoms with Crippen LogP contribution < -0.4 is 4.74 Å². The van der Waals surface area contributed by atoms with Crippen LogP contribution in [0.15, 0.2) is 78.9 Å². The summed E-state index contributed by atoms with van der Waals surface area (Å²) in [6.45, 7) is 3.97. The molecule has 134 valence electrons. The van der Waals surface area contributed by atoms with Gasteiger partial charge in [0.2, 0.25) is 0 Å². The van der Waals surface area contributed by atoms with Crippen LogP contribution in [0, 0.1) is 11.3 Å². The van der Waals surface area contributed by atoms with E-state index in [0.717, 1.165) is 28.0 Å². The highest BCUT2D eigenvalue weighted by Gasteiger charge is 2.14. The minimum atomic E-state index is 0.0990. The van der Waals surface area contributed by atoms with E-state index in [2.05, 4.69) is 6.07 Å². The second kappa shape index (κ2) is 8.25. The molecular weight excluding hydrogens is 334 g/mol. The number of phenols is 1. The van der Waals surface area contributed by atoms with Crippen molar-refractivity contribution < 1.29 is 9.84 Å². The first-order valence-electron chi connectivity index (χ1n) is 8.85. The van der Waals surface area contributed by atoms with Crippen LogP contribution in [0.2, 0.25) is 0 Å². The molecule has 0 fully saturated rings. The maximum absolute atomic E-state index is 9.92. The molecule has 3 rings (SSSR count). The highest BCUT2D eigenvalue weighted by atomic mass is 16.5. The van der Waals surface area contributed by atoms with Crippen LogP contribution >= 0.6 is 0 Å². The molecule has 3 aromatic carbocycles. The predicted molar refractivity (Wildman–Crippen MR) is 108 cm³/mol.